The van der Waals surface area contributed by atoms with Gasteiger partial charge in [-0.05, 0) is 24.1 Å². The Balaban J connectivity index is 2.68. The molecule has 0 atom stereocenters. The molecule has 2 aliphatic carbocycles. The lowest BCUT2D eigenvalue weighted by Crippen LogP contribution is -2.46. The van der Waals surface area contributed by atoms with Crippen LogP contribution in [0.15, 0.2) is 48.0 Å². The van der Waals surface area contributed by atoms with E-state index in [1.807, 2.05) is 0 Å². The Morgan fingerprint density at radius 3 is 1.88 bits per heavy atom. The van der Waals surface area contributed by atoms with Crippen LogP contribution < -0.4 is 0 Å². The quantitative estimate of drug-likeness (QED) is 0.561. The molecule has 0 fully saturated rings. The maximum atomic E-state index is 12.4. The monoisotopic (exact) mass is 348 g/mol. The first-order valence-corrected chi connectivity index (χ1v) is 7.44. The summed E-state index contributed by atoms with van der Waals surface area (Å²) >= 11 is 0. The lowest BCUT2D eigenvalue weighted by Gasteiger charge is -2.41. The Morgan fingerprint density at radius 1 is 1.00 bits per heavy atom. The first kappa shape index (κ1) is 18.5. The van der Waals surface area contributed by atoms with Gasteiger partial charge in [0, 0.05) is 5.41 Å². The molecule has 7 nitrogen and oxygen atoms in total. The molecule has 0 heterocycles. The van der Waals surface area contributed by atoms with Crippen LogP contribution in [0.25, 0.3) is 0 Å². The molecule has 0 radical (unpaired) electrons. The molecule has 25 heavy (non-hydrogen) atoms. The molecule has 0 bridgehead atoms. The van der Waals surface area contributed by atoms with Gasteiger partial charge in [0.1, 0.15) is 0 Å². The summed E-state index contributed by atoms with van der Waals surface area (Å²) in [6.45, 7) is 3.99. The molecule has 0 saturated carbocycles. The number of ether oxygens (including phenoxy) is 4. The Kier molecular flexibility index (Phi) is 4.87. The smallest absolute Gasteiger partial charge is 0.327 e. The molecule has 2 rings (SSSR count). The SMILES string of the molecule is C=C1C=CC(C(=O)OC)(C(=O)OC)CC12C=C(OC)C(=O)C(OC)=C2. The molecule has 0 amide bonds. The number of hydrogen-bond acceptors (Lipinski definition) is 7. The summed E-state index contributed by atoms with van der Waals surface area (Å²) in [6, 6.07) is 0. The van der Waals surface area contributed by atoms with E-state index in [9.17, 15) is 14.4 Å². The standard InChI is InChI=1S/C18H20O7/c1-11-6-7-18(15(20)24-4,16(21)25-5)10-17(11)8-12(22-2)14(19)13(9-17)23-3/h6-9H,1,10H2,2-5H3. The van der Waals surface area contributed by atoms with Gasteiger partial charge in [-0.3, -0.25) is 14.4 Å². The third-order valence-electron chi connectivity index (χ3n) is 4.50. The number of rotatable bonds is 4. The van der Waals surface area contributed by atoms with Crippen molar-refractivity contribution in [3.63, 3.8) is 0 Å². The van der Waals surface area contributed by atoms with E-state index in [4.69, 9.17) is 18.9 Å². The molecule has 7 heteroatoms. The summed E-state index contributed by atoms with van der Waals surface area (Å²) in [5.74, 6) is -1.88. The highest BCUT2D eigenvalue weighted by atomic mass is 16.5. The van der Waals surface area contributed by atoms with Crippen molar-refractivity contribution < 1.29 is 33.3 Å². The van der Waals surface area contributed by atoms with Gasteiger partial charge in [0.15, 0.2) is 16.9 Å². The first-order valence-electron chi connectivity index (χ1n) is 7.44. The fourth-order valence-electron chi connectivity index (χ4n) is 3.11. The number of hydrogen-bond donors (Lipinski definition) is 0. The van der Waals surface area contributed by atoms with Gasteiger partial charge in [0.2, 0.25) is 0 Å². The van der Waals surface area contributed by atoms with Crippen LogP contribution in [-0.2, 0) is 33.3 Å². The Morgan fingerprint density at radius 2 is 1.48 bits per heavy atom. The second-order valence-electron chi connectivity index (χ2n) is 5.78. The molecule has 0 saturated heterocycles. The fourth-order valence-corrected chi connectivity index (χ4v) is 3.11. The van der Waals surface area contributed by atoms with Crippen molar-refractivity contribution in [1.29, 1.82) is 0 Å². The van der Waals surface area contributed by atoms with E-state index in [-0.39, 0.29) is 17.9 Å². The normalized spacial score (nSPS) is 20.5. The van der Waals surface area contributed by atoms with Crippen molar-refractivity contribution >= 4 is 17.7 Å². The van der Waals surface area contributed by atoms with E-state index in [0.717, 1.165) is 0 Å². The van der Waals surface area contributed by atoms with Crippen molar-refractivity contribution in [2.45, 2.75) is 6.42 Å². The number of esters is 2. The molecule has 0 aromatic carbocycles. The van der Waals surface area contributed by atoms with Crippen molar-refractivity contribution in [3.05, 3.63) is 48.0 Å². The Hall–Kier alpha value is -2.83. The predicted octanol–water partition coefficient (Wildman–Crippen LogP) is 1.46. The fraction of sp³-hybridized carbons (Fsp3) is 0.389. The van der Waals surface area contributed by atoms with E-state index in [1.165, 1.54) is 46.7 Å². The van der Waals surface area contributed by atoms with Gasteiger partial charge in [-0.1, -0.05) is 18.7 Å². The number of carbonyl (C=O) groups excluding carboxylic acids is 3. The lowest BCUT2D eigenvalue weighted by molar-refractivity contribution is -0.166. The van der Waals surface area contributed by atoms with E-state index < -0.39 is 28.6 Å². The highest BCUT2D eigenvalue weighted by Crippen LogP contribution is 2.51. The van der Waals surface area contributed by atoms with Crippen LogP contribution in [0.2, 0.25) is 0 Å². The second-order valence-corrected chi connectivity index (χ2v) is 5.78. The van der Waals surface area contributed by atoms with E-state index in [0.29, 0.717) is 5.57 Å². The molecular weight excluding hydrogens is 328 g/mol. The minimum Gasteiger partial charge on any atom is -0.493 e. The predicted molar refractivity (Wildman–Crippen MR) is 87.0 cm³/mol. The van der Waals surface area contributed by atoms with Crippen molar-refractivity contribution in [3.8, 4) is 0 Å². The summed E-state index contributed by atoms with van der Waals surface area (Å²) < 4.78 is 19.9. The average Bonchev–Trinajstić information content (AvgIpc) is 2.64. The van der Waals surface area contributed by atoms with Crippen LogP contribution in [0.1, 0.15) is 6.42 Å². The number of allylic oxidation sites excluding steroid dienone is 4. The maximum absolute atomic E-state index is 12.4. The zero-order valence-electron chi connectivity index (χ0n) is 14.6. The third-order valence-corrected chi connectivity index (χ3v) is 4.50. The number of Topliss-reactive ketones (excluding diaryl/α,β-unsaturated/α-hetero) is 1. The number of carbonyl (C=O) groups is 3. The molecular formula is C18H20O7. The summed E-state index contributed by atoms with van der Waals surface area (Å²) in [5.41, 5.74) is -2.15. The van der Waals surface area contributed by atoms with Gasteiger partial charge < -0.3 is 18.9 Å². The molecule has 1 spiro atoms. The van der Waals surface area contributed by atoms with Crippen LogP contribution in [0.5, 0.6) is 0 Å². The number of ketones is 1. The van der Waals surface area contributed by atoms with Gasteiger partial charge >= 0.3 is 11.9 Å². The molecule has 0 unspecified atom stereocenters. The zero-order chi connectivity index (χ0) is 18.8. The third kappa shape index (κ3) is 2.75. The summed E-state index contributed by atoms with van der Waals surface area (Å²) in [4.78, 5) is 37.1. The lowest BCUT2D eigenvalue weighted by atomic mass is 9.61. The van der Waals surface area contributed by atoms with Crippen LogP contribution in [-0.4, -0.2) is 46.2 Å². The molecule has 0 aromatic heterocycles. The summed E-state index contributed by atoms with van der Waals surface area (Å²) in [5, 5.41) is 0. The molecule has 0 N–H and O–H groups in total. The van der Waals surface area contributed by atoms with E-state index >= 15 is 0 Å². The zero-order valence-corrected chi connectivity index (χ0v) is 14.6. The average molecular weight is 348 g/mol. The van der Waals surface area contributed by atoms with E-state index in [1.54, 1.807) is 6.08 Å². The van der Waals surface area contributed by atoms with Gasteiger partial charge in [-0.25, -0.2) is 0 Å². The van der Waals surface area contributed by atoms with Crippen LogP contribution >= 0.6 is 0 Å². The maximum Gasteiger partial charge on any atom is 0.327 e. The highest BCUT2D eigenvalue weighted by molar-refractivity contribution is 6.07. The van der Waals surface area contributed by atoms with Gasteiger partial charge in [0.25, 0.3) is 5.78 Å². The molecule has 2 aliphatic rings. The largest absolute Gasteiger partial charge is 0.493 e. The van der Waals surface area contributed by atoms with Crippen molar-refractivity contribution in [1.82, 2.24) is 0 Å². The second kappa shape index (κ2) is 6.58. The Labute approximate surface area is 145 Å². The van der Waals surface area contributed by atoms with Crippen LogP contribution in [0, 0.1) is 10.8 Å². The summed E-state index contributed by atoms with van der Waals surface area (Å²) in [7, 11) is 5.08. The molecule has 134 valence electrons. The highest BCUT2D eigenvalue weighted by Gasteiger charge is 2.55. The topological polar surface area (TPSA) is 88.1 Å². The van der Waals surface area contributed by atoms with Crippen LogP contribution in [0.4, 0.5) is 0 Å². The van der Waals surface area contributed by atoms with Gasteiger partial charge in [0.05, 0.1) is 28.4 Å². The van der Waals surface area contributed by atoms with E-state index in [2.05, 4.69) is 6.58 Å². The van der Waals surface area contributed by atoms with Gasteiger partial charge in [-0.2, -0.15) is 0 Å². The van der Waals surface area contributed by atoms with Crippen LogP contribution in [0.3, 0.4) is 0 Å². The minimum absolute atomic E-state index is 0.0411. The first-order chi connectivity index (χ1) is 11.8. The minimum atomic E-state index is -1.67. The van der Waals surface area contributed by atoms with Gasteiger partial charge in [-0.15, -0.1) is 0 Å². The van der Waals surface area contributed by atoms with Crippen molar-refractivity contribution in [2.75, 3.05) is 28.4 Å². The molecule has 0 aliphatic heterocycles. The van der Waals surface area contributed by atoms with Crippen molar-refractivity contribution in [2.24, 2.45) is 10.8 Å². The number of methoxy groups -OCH3 is 4. The molecule has 0 aromatic rings. The Bertz CT molecular complexity index is 684. The summed E-state index contributed by atoms with van der Waals surface area (Å²) in [6.07, 6.45) is 5.95.